The maximum absolute atomic E-state index is 8.81. The van der Waals surface area contributed by atoms with Crippen molar-refractivity contribution >= 4 is 0 Å². The van der Waals surface area contributed by atoms with E-state index in [0.29, 0.717) is 11.4 Å². The molecule has 84 valence electrons. The lowest BCUT2D eigenvalue weighted by Crippen LogP contribution is -1.94. The molecule has 16 heavy (non-hydrogen) atoms. The summed E-state index contributed by atoms with van der Waals surface area (Å²) in [5.74, 6) is 0.784. The zero-order valence-corrected chi connectivity index (χ0v) is 8.49. The standard InChI is InChI=1S/C10H10N2O4/c1-15-7-4-2-6(3-5-7)8-11-9(10(13)14)16-12-8/h2-5,10,13-14H,1H3. The lowest BCUT2D eigenvalue weighted by molar-refractivity contribution is -0.0651. The summed E-state index contributed by atoms with van der Waals surface area (Å²) in [5.41, 5.74) is 0.705. The Bertz CT molecular complexity index is 464. The van der Waals surface area contributed by atoms with E-state index in [9.17, 15) is 0 Å². The molecule has 0 atom stereocenters. The maximum atomic E-state index is 8.81. The van der Waals surface area contributed by atoms with Crippen molar-refractivity contribution in [3.05, 3.63) is 30.2 Å². The van der Waals surface area contributed by atoms with Crippen LogP contribution in [-0.4, -0.2) is 27.5 Å². The third kappa shape index (κ3) is 2.02. The van der Waals surface area contributed by atoms with Crippen LogP contribution < -0.4 is 4.74 Å². The average Bonchev–Trinajstić information content (AvgIpc) is 2.78. The molecule has 1 heterocycles. The van der Waals surface area contributed by atoms with Gasteiger partial charge in [-0.3, -0.25) is 0 Å². The summed E-state index contributed by atoms with van der Waals surface area (Å²) < 4.78 is 9.65. The van der Waals surface area contributed by atoms with Gasteiger partial charge < -0.3 is 19.5 Å². The van der Waals surface area contributed by atoms with Crippen LogP contribution in [-0.2, 0) is 0 Å². The summed E-state index contributed by atoms with van der Waals surface area (Å²) in [6.07, 6.45) is -1.75. The predicted molar refractivity (Wildman–Crippen MR) is 53.5 cm³/mol. The number of aromatic nitrogens is 2. The van der Waals surface area contributed by atoms with Gasteiger partial charge in [-0.05, 0) is 24.3 Å². The first-order valence-electron chi connectivity index (χ1n) is 4.55. The molecule has 6 heteroatoms. The summed E-state index contributed by atoms with van der Waals surface area (Å²) >= 11 is 0. The first-order valence-corrected chi connectivity index (χ1v) is 4.55. The smallest absolute Gasteiger partial charge is 0.283 e. The lowest BCUT2D eigenvalue weighted by atomic mass is 10.2. The summed E-state index contributed by atoms with van der Waals surface area (Å²) in [6, 6.07) is 7.00. The van der Waals surface area contributed by atoms with Gasteiger partial charge in [-0.25, -0.2) is 0 Å². The van der Waals surface area contributed by atoms with Crippen LogP contribution in [0.5, 0.6) is 5.75 Å². The number of nitrogens with zero attached hydrogens (tertiary/aromatic N) is 2. The Hall–Kier alpha value is -1.92. The van der Waals surface area contributed by atoms with Gasteiger partial charge in [0.1, 0.15) is 5.75 Å². The first kappa shape index (κ1) is 10.6. The van der Waals surface area contributed by atoms with Crippen molar-refractivity contribution < 1.29 is 19.5 Å². The minimum atomic E-state index is -1.75. The number of aliphatic hydroxyl groups is 2. The van der Waals surface area contributed by atoms with Crippen LogP contribution in [0.4, 0.5) is 0 Å². The fourth-order valence-corrected chi connectivity index (χ4v) is 1.20. The largest absolute Gasteiger partial charge is 0.497 e. The fourth-order valence-electron chi connectivity index (χ4n) is 1.20. The Kier molecular flexibility index (Phi) is 2.84. The van der Waals surface area contributed by atoms with Crippen molar-refractivity contribution in [2.45, 2.75) is 6.29 Å². The molecule has 0 aliphatic rings. The third-order valence-electron chi connectivity index (χ3n) is 2.01. The normalized spacial score (nSPS) is 10.8. The van der Waals surface area contributed by atoms with Crippen LogP contribution in [0, 0.1) is 0 Å². The number of ether oxygens (including phenoxy) is 1. The van der Waals surface area contributed by atoms with Crippen molar-refractivity contribution in [2.75, 3.05) is 7.11 Å². The number of hydrogen-bond acceptors (Lipinski definition) is 6. The Balaban J connectivity index is 2.28. The summed E-state index contributed by atoms with van der Waals surface area (Å²) in [5, 5.41) is 21.2. The first-order chi connectivity index (χ1) is 7.70. The van der Waals surface area contributed by atoms with Crippen LogP contribution in [0.3, 0.4) is 0 Å². The maximum Gasteiger partial charge on any atom is 0.283 e. The second kappa shape index (κ2) is 4.30. The quantitative estimate of drug-likeness (QED) is 0.744. The molecule has 0 saturated heterocycles. The van der Waals surface area contributed by atoms with Crippen molar-refractivity contribution in [1.29, 1.82) is 0 Å². The SMILES string of the molecule is COc1ccc(-c2noc(C(O)O)n2)cc1. The van der Waals surface area contributed by atoms with Gasteiger partial charge in [-0.15, -0.1) is 0 Å². The van der Waals surface area contributed by atoms with Gasteiger partial charge in [0.2, 0.25) is 12.1 Å². The molecule has 0 radical (unpaired) electrons. The van der Waals surface area contributed by atoms with Crippen molar-refractivity contribution in [3.63, 3.8) is 0 Å². The van der Waals surface area contributed by atoms with E-state index in [1.165, 1.54) is 0 Å². The molecule has 0 bridgehead atoms. The van der Waals surface area contributed by atoms with E-state index in [0.717, 1.165) is 5.75 Å². The molecule has 1 aromatic carbocycles. The fraction of sp³-hybridized carbons (Fsp3) is 0.200. The number of rotatable bonds is 3. The van der Waals surface area contributed by atoms with Gasteiger partial charge in [0, 0.05) is 5.56 Å². The highest BCUT2D eigenvalue weighted by molar-refractivity contribution is 5.55. The van der Waals surface area contributed by atoms with Crippen LogP contribution in [0.15, 0.2) is 28.8 Å². The second-order valence-corrected chi connectivity index (χ2v) is 3.06. The molecule has 1 aromatic heterocycles. The third-order valence-corrected chi connectivity index (χ3v) is 2.01. The van der Waals surface area contributed by atoms with Crippen LogP contribution >= 0.6 is 0 Å². The van der Waals surface area contributed by atoms with E-state index in [-0.39, 0.29) is 5.89 Å². The highest BCUT2D eigenvalue weighted by Crippen LogP contribution is 2.20. The Morgan fingerprint density at radius 1 is 1.25 bits per heavy atom. The zero-order valence-electron chi connectivity index (χ0n) is 8.49. The van der Waals surface area contributed by atoms with Crippen LogP contribution in [0.25, 0.3) is 11.4 Å². The lowest BCUT2D eigenvalue weighted by Gasteiger charge is -1.98. The van der Waals surface area contributed by atoms with E-state index in [2.05, 4.69) is 14.7 Å². The zero-order chi connectivity index (χ0) is 11.5. The van der Waals surface area contributed by atoms with E-state index >= 15 is 0 Å². The van der Waals surface area contributed by atoms with E-state index in [1.807, 2.05) is 0 Å². The summed E-state index contributed by atoms with van der Waals surface area (Å²) in [4.78, 5) is 3.82. The van der Waals surface area contributed by atoms with Gasteiger partial charge in [0.05, 0.1) is 7.11 Å². The van der Waals surface area contributed by atoms with Crippen molar-refractivity contribution in [3.8, 4) is 17.1 Å². The summed E-state index contributed by atoms with van der Waals surface area (Å²) in [6.45, 7) is 0. The highest BCUT2D eigenvalue weighted by Gasteiger charge is 2.13. The molecule has 2 N–H and O–H groups in total. The molecule has 0 amide bonds. The van der Waals surface area contributed by atoms with Crippen molar-refractivity contribution in [1.82, 2.24) is 10.1 Å². The van der Waals surface area contributed by atoms with Crippen LogP contribution in [0.1, 0.15) is 12.2 Å². The Morgan fingerprint density at radius 3 is 2.44 bits per heavy atom. The molecule has 2 rings (SSSR count). The average molecular weight is 222 g/mol. The minimum absolute atomic E-state index is 0.231. The second-order valence-electron chi connectivity index (χ2n) is 3.06. The number of hydrogen-bond donors (Lipinski definition) is 2. The Labute approximate surface area is 91.1 Å². The number of methoxy groups -OCH3 is 1. The molecular weight excluding hydrogens is 212 g/mol. The Morgan fingerprint density at radius 2 is 1.94 bits per heavy atom. The topological polar surface area (TPSA) is 88.6 Å². The monoisotopic (exact) mass is 222 g/mol. The van der Waals surface area contributed by atoms with E-state index in [1.54, 1.807) is 31.4 Å². The van der Waals surface area contributed by atoms with Crippen molar-refractivity contribution in [2.24, 2.45) is 0 Å². The van der Waals surface area contributed by atoms with Gasteiger partial charge in [-0.2, -0.15) is 4.98 Å². The minimum Gasteiger partial charge on any atom is -0.497 e. The molecular formula is C10H10N2O4. The van der Waals surface area contributed by atoms with Gasteiger partial charge in [0.25, 0.3) is 5.89 Å². The predicted octanol–water partition coefficient (Wildman–Crippen LogP) is 0.728. The van der Waals surface area contributed by atoms with E-state index in [4.69, 9.17) is 14.9 Å². The molecule has 0 aliphatic carbocycles. The molecule has 0 unspecified atom stereocenters. The summed E-state index contributed by atoms with van der Waals surface area (Å²) in [7, 11) is 1.57. The number of aliphatic hydroxyl groups excluding tert-OH is 1. The molecule has 6 nitrogen and oxygen atoms in total. The van der Waals surface area contributed by atoms with Gasteiger partial charge >= 0.3 is 0 Å². The number of benzene rings is 1. The molecule has 0 fully saturated rings. The molecule has 0 spiro atoms. The molecule has 0 saturated carbocycles. The molecule has 0 aliphatic heterocycles. The van der Waals surface area contributed by atoms with Gasteiger partial charge in [-0.1, -0.05) is 5.16 Å². The van der Waals surface area contributed by atoms with Gasteiger partial charge in [0.15, 0.2) is 0 Å². The van der Waals surface area contributed by atoms with Crippen LogP contribution in [0.2, 0.25) is 0 Å². The molecule has 2 aromatic rings. The highest BCUT2D eigenvalue weighted by atomic mass is 16.5. The van der Waals surface area contributed by atoms with E-state index < -0.39 is 6.29 Å².